The molecule has 0 radical (unpaired) electrons. The number of rotatable bonds is 3. The first-order chi connectivity index (χ1) is 11.5. The zero-order valence-corrected chi connectivity index (χ0v) is 12.9. The van der Waals surface area contributed by atoms with Crippen molar-refractivity contribution < 1.29 is 39.6 Å². The topological polar surface area (TPSA) is 63.2 Å². The molecule has 1 N–H and O–H groups in total. The molecule has 2 rings (SSSR count). The molecule has 0 heterocycles. The van der Waals surface area contributed by atoms with E-state index < -0.39 is 61.3 Å². The Bertz CT molecular complexity index is 962. The minimum atomic E-state index is -5.47. The molecule has 0 aliphatic rings. The van der Waals surface area contributed by atoms with Crippen LogP contribution in [0.25, 0.3) is 0 Å². The lowest BCUT2D eigenvalue weighted by atomic mass is 10.1. The molecule has 0 saturated heterocycles. The van der Waals surface area contributed by atoms with Crippen LogP contribution in [0.5, 0.6) is 0 Å². The maximum absolute atomic E-state index is 13.6. The van der Waals surface area contributed by atoms with Gasteiger partial charge >= 0.3 is 0 Å². The van der Waals surface area contributed by atoms with Gasteiger partial charge in [-0.1, -0.05) is 6.07 Å². The summed E-state index contributed by atoms with van der Waals surface area (Å²) in [5.41, 5.74) is -0.422. The Balaban J connectivity index is 2.50. The molecule has 134 valence electrons. The molecule has 0 aromatic heterocycles. The van der Waals surface area contributed by atoms with Gasteiger partial charge < -0.3 is 0 Å². The van der Waals surface area contributed by atoms with Gasteiger partial charge in [-0.3, -0.25) is 4.79 Å². The van der Waals surface area contributed by atoms with Gasteiger partial charge in [0.05, 0.1) is 0 Å². The number of halogens is 6. The lowest BCUT2D eigenvalue weighted by Crippen LogP contribution is -2.32. The van der Waals surface area contributed by atoms with Gasteiger partial charge in [0.25, 0.3) is 15.9 Å². The summed E-state index contributed by atoms with van der Waals surface area (Å²) in [5, 5.41) is 0. The van der Waals surface area contributed by atoms with E-state index in [0.717, 1.165) is 16.9 Å². The van der Waals surface area contributed by atoms with Gasteiger partial charge in [0.2, 0.25) is 5.82 Å². The predicted octanol–water partition coefficient (Wildman–Crippen LogP) is 2.95. The molecule has 4 nitrogen and oxygen atoms in total. The fraction of sp³-hybridized carbons (Fsp3) is 0.0714. The summed E-state index contributed by atoms with van der Waals surface area (Å²) in [4.78, 5) is 9.58. The largest absolute Gasteiger partial charge is 0.270 e. The van der Waals surface area contributed by atoms with Crippen molar-refractivity contribution in [1.82, 2.24) is 4.72 Å². The first-order valence-corrected chi connectivity index (χ1v) is 7.80. The molecule has 0 atom stereocenters. The third-order valence-electron chi connectivity index (χ3n) is 3.10. The first kappa shape index (κ1) is 18.8. The normalized spacial score (nSPS) is 11.5. The first-order valence-electron chi connectivity index (χ1n) is 6.32. The van der Waals surface area contributed by atoms with Crippen molar-refractivity contribution in [3.8, 4) is 0 Å². The van der Waals surface area contributed by atoms with Crippen LogP contribution in [0.2, 0.25) is 0 Å². The molecule has 11 heteroatoms. The molecule has 2 aromatic rings. The second-order valence-corrected chi connectivity index (χ2v) is 6.42. The molecule has 0 bridgehead atoms. The van der Waals surface area contributed by atoms with Crippen LogP contribution in [0.3, 0.4) is 0 Å². The number of aryl methyl sites for hydroxylation is 1. The highest BCUT2D eigenvalue weighted by atomic mass is 32.2. The van der Waals surface area contributed by atoms with E-state index in [1.54, 1.807) is 0 Å². The fourth-order valence-electron chi connectivity index (χ4n) is 1.79. The van der Waals surface area contributed by atoms with Crippen molar-refractivity contribution in [3.05, 3.63) is 64.2 Å². The zero-order chi connectivity index (χ0) is 19.1. The number of hydrogen-bond acceptors (Lipinski definition) is 3. The Kier molecular flexibility index (Phi) is 4.80. The Hall–Kier alpha value is -2.56. The third kappa shape index (κ3) is 3.31. The van der Waals surface area contributed by atoms with Crippen molar-refractivity contribution in [3.63, 3.8) is 0 Å². The second-order valence-electron chi connectivity index (χ2n) is 4.80. The maximum atomic E-state index is 13.6. The van der Waals surface area contributed by atoms with E-state index in [1.807, 2.05) is 0 Å². The quantitative estimate of drug-likeness (QED) is 0.504. The summed E-state index contributed by atoms with van der Waals surface area (Å²) in [7, 11) is -5.47. The average Bonchev–Trinajstić information content (AvgIpc) is 2.53. The molecule has 0 spiro atoms. The van der Waals surface area contributed by atoms with E-state index in [1.165, 1.54) is 6.92 Å². The van der Waals surface area contributed by atoms with Crippen LogP contribution in [-0.2, 0) is 10.0 Å². The molecule has 0 aliphatic carbocycles. The Labute approximate surface area is 137 Å². The summed E-state index contributed by atoms with van der Waals surface area (Å²) < 4.78 is 104. The number of carbonyl (C=O) groups is 1. The number of carbonyl (C=O) groups excluding carboxylic acids is 1. The summed E-state index contributed by atoms with van der Waals surface area (Å²) in [5.74, 6) is -15.2. The highest BCUT2D eigenvalue weighted by Crippen LogP contribution is 2.26. The Morgan fingerprint density at radius 3 is 1.84 bits per heavy atom. The van der Waals surface area contributed by atoms with Gasteiger partial charge in [-0.2, -0.15) is 0 Å². The standard InChI is InChI=1S/C14H7F6NO3S/c1-5-2-3-6(4-7(5)15)14(22)21-25(23,24)13-11(19)9(17)8(16)10(18)12(13)20/h2-4H,1H3,(H,21,22). The van der Waals surface area contributed by atoms with Crippen LogP contribution in [0.15, 0.2) is 23.1 Å². The average molecular weight is 383 g/mol. The molecule has 0 unspecified atom stereocenters. The lowest BCUT2D eigenvalue weighted by molar-refractivity contribution is 0.0981. The van der Waals surface area contributed by atoms with Gasteiger partial charge in [-0.25, -0.2) is 39.5 Å². The van der Waals surface area contributed by atoms with E-state index in [0.29, 0.717) is 6.07 Å². The molecular weight excluding hydrogens is 376 g/mol. The highest BCUT2D eigenvalue weighted by molar-refractivity contribution is 7.90. The molecule has 0 aliphatic heterocycles. The summed E-state index contributed by atoms with van der Waals surface area (Å²) >= 11 is 0. The minimum absolute atomic E-state index is 0.124. The smallest absolute Gasteiger partial charge is 0.268 e. The van der Waals surface area contributed by atoms with Crippen LogP contribution < -0.4 is 4.72 Å². The minimum Gasteiger partial charge on any atom is -0.268 e. The van der Waals surface area contributed by atoms with Gasteiger partial charge in [0.1, 0.15) is 5.82 Å². The zero-order valence-electron chi connectivity index (χ0n) is 12.1. The van der Waals surface area contributed by atoms with Gasteiger partial charge in [0, 0.05) is 5.56 Å². The van der Waals surface area contributed by atoms with Crippen molar-refractivity contribution in [2.45, 2.75) is 11.8 Å². The molecule has 0 saturated carbocycles. The van der Waals surface area contributed by atoms with Crippen molar-refractivity contribution in [2.24, 2.45) is 0 Å². The SMILES string of the molecule is Cc1ccc(C(=O)NS(=O)(=O)c2c(F)c(F)c(F)c(F)c2F)cc1F. The second kappa shape index (κ2) is 6.39. The highest BCUT2D eigenvalue weighted by Gasteiger charge is 2.34. The predicted molar refractivity (Wildman–Crippen MR) is 72.0 cm³/mol. The van der Waals surface area contributed by atoms with Crippen LogP contribution in [0.1, 0.15) is 15.9 Å². The van der Waals surface area contributed by atoms with Gasteiger partial charge in [-0.15, -0.1) is 0 Å². The number of amides is 1. The Morgan fingerprint density at radius 2 is 1.36 bits per heavy atom. The lowest BCUT2D eigenvalue weighted by Gasteiger charge is -2.10. The van der Waals surface area contributed by atoms with E-state index in [2.05, 4.69) is 0 Å². The van der Waals surface area contributed by atoms with E-state index in [-0.39, 0.29) is 5.56 Å². The molecule has 25 heavy (non-hydrogen) atoms. The van der Waals surface area contributed by atoms with Crippen LogP contribution in [0, 0.1) is 41.8 Å². The van der Waals surface area contributed by atoms with Crippen LogP contribution >= 0.6 is 0 Å². The maximum Gasteiger partial charge on any atom is 0.270 e. The summed E-state index contributed by atoms with van der Waals surface area (Å²) in [6.07, 6.45) is 0. The van der Waals surface area contributed by atoms with Gasteiger partial charge in [0.15, 0.2) is 28.2 Å². The number of hydrogen-bond donors (Lipinski definition) is 1. The fourth-order valence-corrected chi connectivity index (χ4v) is 2.90. The summed E-state index contributed by atoms with van der Waals surface area (Å²) in [6.45, 7) is 1.35. The molecule has 2 aromatic carbocycles. The van der Waals surface area contributed by atoms with E-state index >= 15 is 0 Å². The monoisotopic (exact) mass is 383 g/mol. The van der Waals surface area contributed by atoms with Crippen molar-refractivity contribution >= 4 is 15.9 Å². The Morgan fingerprint density at radius 1 is 0.880 bits per heavy atom. The van der Waals surface area contributed by atoms with Crippen molar-refractivity contribution in [1.29, 1.82) is 0 Å². The van der Waals surface area contributed by atoms with Crippen LogP contribution in [0.4, 0.5) is 26.3 Å². The molecular formula is C14H7F6NO3S. The number of sulfonamides is 1. The number of benzene rings is 2. The molecule has 0 fully saturated rings. The van der Waals surface area contributed by atoms with Crippen LogP contribution in [-0.4, -0.2) is 14.3 Å². The van der Waals surface area contributed by atoms with Gasteiger partial charge in [-0.05, 0) is 24.6 Å². The molecule has 1 amide bonds. The number of nitrogens with one attached hydrogen (secondary N) is 1. The van der Waals surface area contributed by atoms with E-state index in [9.17, 15) is 39.6 Å². The summed E-state index contributed by atoms with van der Waals surface area (Å²) in [6, 6.07) is 2.76. The third-order valence-corrected chi connectivity index (χ3v) is 4.45. The van der Waals surface area contributed by atoms with Crippen molar-refractivity contribution in [2.75, 3.05) is 0 Å². The van der Waals surface area contributed by atoms with E-state index in [4.69, 9.17) is 0 Å².